The van der Waals surface area contributed by atoms with E-state index in [4.69, 9.17) is 23.2 Å². The lowest BCUT2D eigenvalue weighted by atomic mass is 9.87. The number of Topliss-reactive ketones (excluding diaryl/α,β-unsaturated/α-hetero) is 1. The number of aromatic nitrogens is 4. The van der Waals surface area contributed by atoms with E-state index < -0.39 is 5.95 Å². The Kier molecular flexibility index (Phi) is 5.50. The van der Waals surface area contributed by atoms with Crippen molar-refractivity contribution in [1.29, 1.82) is 0 Å². The minimum absolute atomic E-state index is 0.160. The van der Waals surface area contributed by atoms with Gasteiger partial charge in [-0.15, -0.1) is 5.10 Å². The Morgan fingerprint density at radius 3 is 2.63 bits per heavy atom. The number of nitrogens with zero attached hydrogens (tertiary/aromatic N) is 5. The van der Waals surface area contributed by atoms with Crippen LogP contribution < -0.4 is 5.56 Å². The third-order valence-electron chi connectivity index (χ3n) is 8.79. The fraction of sp³-hybridized carbons (Fsp3) is 0.258. The number of fused-ring (bicyclic) bond motifs is 4. The van der Waals surface area contributed by atoms with E-state index in [1.54, 1.807) is 33.6 Å². The molecule has 0 N–H and O–H groups in total. The fourth-order valence-corrected chi connectivity index (χ4v) is 7.10. The summed E-state index contributed by atoms with van der Waals surface area (Å²) in [6.45, 7) is 0. The van der Waals surface area contributed by atoms with Crippen molar-refractivity contribution in [2.24, 2.45) is 10.9 Å². The SMILES string of the molecule is O=C1CCc2cc(C3=C(F)N=C([C@@H]4[C@H]5C[C@H]5c5cc(-c6cc(Cl)ccc6-n6cc(Cl)nn6)cc(=O)n54)C3)ccc2C1. The smallest absolute Gasteiger partial charge is 0.251 e. The minimum Gasteiger partial charge on any atom is -0.303 e. The van der Waals surface area contributed by atoms with Crippen LogP contribution in [0.25, 0.3) is 22.4 Å². The summed E-state index contributed by atoms with van der Waals surface area (Å²) < 4.78 is 18.7. The Labute approximate surface area is 243 Å². The molecule has 0 unspecified atom stereocenters. The first-order valence-corrected chi connectivity index (χ1v) is 14.3. The maximum absolute atomic E-state index is 15.3. The van der Waals surface area contributed by atoms with E-state index >= 15 is 4.39 Å². The molecule has 4 aliphatic rings. The Balaban J connectivity index is 1.13. The van der Waals surface area contributed by atoms with Gasteiger partial charge in [-0.3, -0.25) is 9.59 Å². The van der Waals surface area contributed by atoms with Crippen molar-refractivity contribution in [3.8, 4) is 16.8 Å². The number of hydrogen-bond donors (Lipinski definition) is 0. The number of aliphatic imine (C=N–C) groups is 1. The summed E-state index contributed by atoms with van der Waals surface area (Å²) in [5.74, 6) is 0.180. The summed E-state index contributed by atoms with van der Waals surface area (Å²) >= 11 is 12.4. The summed E-state index contributed by atoms with van der Waals surface area (Å²) in [5.41, 5.74) is 7.08. The zero-order valence-corrected chi connectivity index (χ0v) is 23.2. The van der Waals surface area contributed by atoms with Crippen LogP contribution >= 0.6 is 23.2 Å². The largest absolute Gasteiger partial charge is 0.303 e. The third kappa shape index (κ3) is 4.03. The number of carbonyl (C=O) groups excluding carboxylic acids is 1. The number of hydrogen-bond acceptors (Lipinski definition) is 5. The first-order valence-electron chi connectivity index (χ1n) is 13.6. The van der Waals surface area contributed by atoms with Crippen LogP contribution in [0, 0.1) is 5.92 Å². The summed E-state index contributed by atoms with van der Waals surface area (Å²) in [5, 5.41) is 8.75. The van der Waals surface area contributed by atoms with E-state index in [0.29, 0.717) is 47.7 Å². The third-order valence-corrected chi connectivity index (χ3v) is 9.20. The maximum Gasteiger partial charge on any atom is 0.251 e. The van der Waals surface area contributed by atoms with Gasteiger partial charge in [-0.2, -0.15) is 4.39 Å². The number of benzene rings is 2. The van der Waals surface area contributed by atoms with Gasteiger partial charge in [0.05, 0.1) is 17.9 Å². The molecule has 3 atom stereocenters. The second-order valence-corrected chi connectivity index (χ2v) is 12.0. The predicted octanol–water partition coefficient (Wildman–Crippen LogP) is 6.30. The molecular formula is C31H22Cl2FN5O2. The van der Waals surface area contributed by atoms with E-state index in [1.165, 1.54) is 0 Å². The normalized spacial score (nSPS) is 22.5. The lowest BCUT2D eigenvalue weighted by molar-refractivity contribution is -0.118. The molecule has 0 spiro atoms. The van der Waals surface area contributed by atoms with Gasteiger partial charge in [-0.25, -0.2) is 9.67 Å². The van der Waals surface area contributed by atoms with Gasteiger partial charge in [-0.05, 0) is 65.3 Å². The Hall–Kier alpha value is -3.88. The fourth-order valence-electron chi connectivity index (χ4n) is 6.80. The van der Waals surface area contributed by atoms with Crippen molar-refractivity contribution in [3.63, 3.8) is 0 Å². The zero-order chi connectivity index (χ0) is 28.0. The molecule has 10 heteroatoms. The number of allylic oxidation sites excluding steroid dienone is 1. The maximum atomic E-state index is 15.3. The summed E-state index contributed by atoms with van der Waals surface area (Å²) in [6.07, 6.45) is 4.53. The average molecular weight is 586 g/mol. The molecule has 0 bridgehead atoms. The van der Waals surface area contributed by atoms with Crippen LogP contribution in [0.3, 0.4) is 0 Å². The van der Waals surface area contributed by atoms with E-state index in [2.05, 4.69) is 15.3 Å². The molecule has 41 heavy (non-hydrogen) atoms. The second-order valence-electron chi connectivity index (χ2n) is 11.2. The Bertz CT molecular complexity index is 1940. The molecule has 1 saturated carbocycles. The summed E-state index contributed by atoms with van der Waals surface area (Å²) in [6, 6.07) is 14.5. The average Bonchev–Trinajstić information content (AvgIpc) is 3.27. The van der Waals surface area contributed by atoms with Crippen molar-refractivity contribution in [1.82, 2.24) is 19.6 Å². The van der Waals surface area contributed by atoms with Crippen LogP contribution in [0.2, 0.25) is 10.2 Å². The molecule has 0 amide bonds. The highest BCUT2D eigenvalue weighted by Crippen LogP contribution is 2.60. The molecule has 0 radical (unpaired) electrons. The molecule has 4 heterocycles. The summed E-state index contributed by atoms with van der Waals surface area (Å²) in [7, 11) is 0. The Morgan fingerprint density at radius 2 is 1.80 bits per heavy atom. The number of ketones is 1. The van der Waals surface area contributed by atoms with Gasteiger partial charge in [0.1, 0.15) is 5.78 Å². The monoisotopic (exact) mass is 585 g/mol. The molecule has 8 rings (SSSR count). The second kappa shape index (κ2) is 9.06. The molecule has 1 fully saturated rings. The lowest BCUT2D eigenvalue weighted by Crippen LogP contribution is -2.29. The topological polar surface area (TPSA) is 82.1 Å². The number of halogens is 3. The summed E-state index contributed by atoms with van der Waals surface area (Å²) in [4.78, 5) is 29.9. The highest BCUT2D eigenvalue weighted by atomic mass is 35.5. The molecule has 2 aromatic carbocycles. The molecule has 4 aromatic rings. The predicted molar refractivity (Wildman–Crippen MR) is 155 cm³/mol. The first-order chi connectivity index (χ1) is 19.8. The van der Waals surface area contributed by atoms with Crippen LogP contribution in [-0.4, -0.2) is 31.1 Å². The minimum atomic E-state index is -0.489. The molecule has 204 valence electrons. The van der Waals surface area contributed by atoms with Crippen LogP contribution in [0.5, 0.6) is 0 Å². The van der Waals surface area contributed by atoms with E-state index in [0.717, 1.165) is 39.9 Å². The van der Waals surface area contributed by atoms with E-state index in [9.17, 15) is 9.59 Å². The Morgan fingerprint density at radius 1 is 0.927 bits per heavy atom. The zero-order valence-electron chi connectivity index (χ0n) is 21.7. The van der Waals surface area contributed by atoms with Crippen LogP contribution in [0.15, 0.2) is 70.5 Å². The van der Waals surface area contributed by atoms with Crippen molar-refractivity contribution in [2.45, 2.75) is 44.1 Å². The number of rotatable bonds is 4. The van der Waals surface area contributed by atoms with Gasteiger partial charge in [0.25, 0.3) is 5.56 Å². The molecular weight excluding hydrogens is 564 g/mol. The van der Waals surface area contributed by atoms with Crippen molar-refractivity contribution in [2.75, 3.05) is 0 Å². The van der Waals surface area contributed by atoms with Crippen molar-refractivity contribution >= 4 is 40.3 Å². The first kappa shape index (κ1) is 24.9. The highest BCUT2D eigenvalue weighted by molar-refractivity contribution is 6.31. The highest BCUT2D eigenvalue weighted by Gasteiger charge is 2.55. The van der Waals surface area contributed by atoms with Crippen LogP contribution in [-0.2, 0) is 17.6 Å². The molecule has 2 aliphatic heterocycles. The molecule has 7 nitrogen and oxygen atoms in total. The van der Waals surface area contributed by atoms with Gasteiger partial charge >= 0.3 is 0 Å². The van der Waals surface area contributed by atoms with E-state index in [-0.39, 0.29) is 34.4 Å². The van der Waals surface area contributed by atoms with Crippen LogP contribution in [0.1, 0.15) is 53.6 Å². The number of pyridine rings is 1. The molecule has 0 saturated heterocycles. The number of carbonyl (C=O) groups is 1. The van der Waals surface area contributed by atoms with E-state index in [1.807, 2.05) is 30.3 Å². The quantitative estimate of drug-likeness (QED) is 0.263. The van der Waals surface area contributed by atoms with Gasteiger partial charge < -0.3 is 4.57 Å². The molecule has 2 aliphatic carbocycles. The van der Waals surface area contributed by atoms with Gasteiger partial charge in [-0.1, -0.05) is 46.6 Å². The standard InChI is InChI=1S/C31H22Cl2FN5O2/c32-19-4-6-26(38-14-28(33)36-37-38)21(11-19)18-9-27-23-12-24(23)30(39(27)29(41)10-18)25-13-22(31(34)35-25)17-2-1-16-8-20(40)5-3-15(16)7-17/h1-2,4,6-7,9-11,14,23-24,30H,3,5,8,12-13H2/t23-,24+,30+/m1/s1. The lowest BCUT2D eigenvalue weighted by Gasteiger charge is -2.20. The van der Waals surface area contributed by atoms with Gasteiger partial charge in [0.15, 0.2) is 5.15 Å². The van der Waals surface area contributed by atoms with Crippen LogP contribution in [0.4, 0.5) is 4.39 Å². The molecule has 2 aromatic heterocycles. The van der Waals surface area contributed by atoms with Crippen molar-refractivity contribution < 1.29 is 9.18 Å². The van der Waals surface area contributed by atoms with Gasteiger partial charge in [0, 0.05) is 58.8 Å². The van der Waals surface area contributed by atoms with Crippen molar-refractivity contribution in [3.05, 3.63) is 104 Å². The number of aryl methyl sites for hydroxylation is 1. The van der Waals surface area contributed by atoms with Gasteiger partial charge in [0.2, 0.25) is 5.95 Å².